The van der Waals surface area contributed by atoms with Gasteiger partial charge in [0.1, 0.15) is 12.4 Å². The Kier molecular flexibility index (Phi) is 7.47. The van der Waals surface area contributed by atoms with Crippen molar-refractivity contribution in [2.45, 2.75) is 17.4 Å². The zero-order chi connectivity index (χ0) is 20.1. The first-order valence-corrected chi connectivity index (χ1v) is 9.88. The second-order valence-electron chi connectivity index (χ2n) is 5.93. The third kappa shape index (κ3) is 4.63. The first-order chi connectivity index (χ1) is 13.5. The van der Waals surface area contributed by atoms with Crippen molar-refractivity contribution in [1.82, 2.24) is 5.48 Å². The van der Waals surface area contributed by atoms with E-state index in [1.54, 1.807) is 47.9 Å². The molecule has 0 spiro atoms. The van der Waals surface area contributed by atoms with E-state index in [0.717, 1.165) is 0 Å². The zero-order valence-corrected chi connectivity index (χ0v) is 16.8. The number of carbonyl (C=O) groups is 1. The molecule has 1 amide bonds. The van der Waals surface area contributed by atoms with Gasteiger partial charge < -0.3 is 22.9 Å². The molecule has 0 radical (unpaired) electrons. The van der Waals surface area contributed by atoms with Gasteiger partial charge in [0, 0.05) is 0 Å². The number of nitrogens with one attached hydrogen (secondary N) is 1. The number of carbonyl (C=O) groups excluding carboxylic acids is 1. The molecule has 10 heteroatoms. The lowest BCUT2D eigenvalue weighted by atomic mass is 10.0. The van der Waals surface area contributed by atoms with Crippen molar-refractivity contribution >= 4 is 21.6 Å². The summed E-state index contributed by atoms with van der Waals surface area (Å²) in [5, 5.41) is 8.88. The third-order valence-electron chi connectivity index (χ3n) is 4.23. The fraction of sp³-hybridized carbons (Fsp3) is 0.211. The van der Waals surface area contributed by atoms with E-state index in [9.17, 15) is 13.2 Å². The van der Waals surface area contributed by atoms with Gasteiger partial charge in [0.05, 0.1) is 29.6 Å². The standard InChI is InChI=1S/C19H19N3O5S.ClH/c20-11-3-4-12-27-15-9-7-14(8-10-15)22-17(13-19(23)21-24)16-5-1-2-6-18(16)28(22,25)26;/h1-2,5-10,17,24H,11-13,20H2,(H,21,23);1H/p-1. The van der Waals surface area contributed by atoms with Gasteiger partial charge in [-0.2, -0.15) is 0 Å². The predicted molar refractivity (Wildman–Crippen MR) is 102 cm³/mol. The number of hydrogen-bond acceptors (Lipinski definition) is 6. The van der Waals surface area contributed by atoms with Gasteiger partial charge in [0.15, 0.2) is 0 Å². The van der Waals surface area contributed by atoms with Crippen LogP contribution in [0.4, 0.5) is 5.69 Å². The van der Waals surface area contributed by atoms with Gasteiger partial charge in [-0.3, -0.25) is 14.3 Å². The number of fused-ring (bicyclic) bond motifs is 1. The molecule has 1 aliphatic heterocycles. The van der Waals surface area contributed by atoms with E-state index in [1.807, 2.05) is 0 Å². The van der Waals surface area contributed by atoms with E-state index in [0.29, 0.717) is 17.0 Å². The van der Waals surface area contributed by atoms with Crippen molar-refractivity contribution in [1.29, 1.82) is 0 Å². The number of hydroxylamine groups is 1. The van der Waals surface area contributed by atoms with Crippen LogP contribution in [0.3, 0.4) is 0 Å². The van der Waals surface area contributed by atoms with Crippen molar-refractivity contribution in [3.63, 3.8) is 0 Å². The third-order valence-corrected chi connectivity index (χ3v) is 6.14. The highest BCUT2D eigenvalue weighted by Crippen LogP contribution is 2.44. The van der Waals surface area contributed by atoms with Crippen molar-refractivity contribution in [2.24, 2.45) is 5.73 Å². The Balaban J connectivity index is 0.00000300. The van der Waals surface area contributed by atoms with Crippen LogP contribution in [0.5, 0.6) is 5.75 Å². The van der Waals surface area contributed by atoms with Crippen molar-refractivity contribution in [3.05, 3.63) is 54.1 Å². The van der Waals surface area contributed by atoms with Crippen LogP contribution in [0, 0.1) is 11.8 Å². The van der Waals surface area contributed by atoms with Gasteiger partial charge >= 0.3 is 0 Å². The minimum atomic E-state index is -3.84. The molecule has 8 nitrogen and oxygen atoms in total. The SMILES string of the molecule is NCC#CCOc1ccc(N2C(CC(=O)NO)c3ccccc3S2(=O)=O)cc1.[Cl-]. The lowest BCUT2D eigenvalue weighted by molar-refractivity contribution is -0.129. The number of hydrogen-bond donors (Lipinski definition) is 3. The minimum Gasteiger partial charge on any atom is -1.00 e. The summed E-state index contributed by atoms with van der Waals surface area (Å²) in [6, 6.07) is 12.2. The summed E-state index contributed by atoms with van der Waals surface area (Å²) in [6.45, 7) is 0.418. The summed E-state index contributed by atoms with van der Waals surface area (Å²) < 4.78 is 32.8. The topological polar surface area (TPSA) is 122 Å². The van der Waals surface area contributed by atoms with Crippen molar-refractivity contribution < 1.29 is 35.6 Å². The molecule has 1 atom stereocenters. The van der Waals surface area contributed by atoms with E-state index >= 15 is 0 Å². The second kappa shape index (κ2) is 9.62. The Hall–Kier alpha value is -2.77. The van der Waals surface area contributed by atoms with Gasteiger partial charge in [0.25, 0.3) is 10.0 Å². The molecule has 4 N–H and O–H groups in total. The lowest BCUT2D eigenvalue weighted by Gasteiger charge is -2.25. The quantitative estimate of drug-likeness (QED) is 0.288. The number of anilines is 1. The second-order valence-corrected chi connectivity index (χ2v) is 7.72. The summed E-state index contributed by atoms with van der Waals surface area (Å²) in [7, 11) is -3.84. The number of nitrogens with two attached hydrogens (primary N) is 1. The molecule has 0 aliphatic carbocycles. The van der Waals surface area contributed by atoms with E-state index in [4.69, 9.17) is 15.7 Å². The zero-order valence-electron chi connectivity index (χ0n) is 15.2. The number of sulfonamides is 1. The number of nitrogens with zero attached hydrogens (tertiary/aromatic N) is 1. The Bertz CT molecular complexity index is 1030. The van der Waals surface area contributed by atoms with Crippen LogP contribution < -0.4 is 32.7 Å². The number of ether oxygens (including phenoxy) is 1. The van der Waals surface area contributed by atoms with Gasteiger partial charge in [0.2, 0.25) is 5.91 Å². The molecule has 29 heavy (non-hydrogen) atoms. The largest absolute Gasteiger partial charge is 1.00 e. The number of halogens is 1. The maximum Gasteiger partial charge on any atom is 0.265 e. The fourth-order valence-electron chi connectivity index (χ4n) is 3.06. The molecule has 154 valence electrons. The molecular weight excluding hydrogens is 418 g/mol. The summed E-state index contributed by atoms with van der Waals surface area (Å²) in [6.07, 6.45) is -0.223. The molecule has 0 saturated carbocycles. The first kappa shape index (κ1) is 22.5. The van der Waals surface area contributed by atoms with Gasteiger partial charge in [-0.25, -0.2) is 13.9 Å². The molecule has 1 unspecified atom stereocenters. The van der Waals surface area contributed by atoms with E-state index < -0.39 is 22.0 Å². The molecular formula is C19H19ClN3O5S-. The van der Waals surface area contributed by atoms with Gasteiger partial charge in [-0.05, 0) is 35.9 Å². The van der Waals surface area contributed by atoms with Gasteiger partial charge in [-0.1, -0.05) is 30.0 Å². The van der Waals surface area contributed by atoms with Crippen LogP contribution in [0.25, 0.3) is 0 Å². The van der Waals surface area contributed by atoms with Crippen LogP contribution in [0.2, 0.25) is 0 Å². The average molecular weight is 437 g/mol. The van der Waals surface area contributed by atoms with E-state index in [2.05, 4.69) is 11.8 Å². The predicted octanol–water partition coefficient (Wildman–Crippen LogP) is -1.82. The van der Waals surface area contributed by atoms with Crippen LogP contribution in [0.1, 0.15) is 18.0 Å². The average Bonchev–Trinajstić information content (AvgIpc) is 2.93. The molecule has 0 saturated heterocycles. The Morgan fingerprint density at radius 1 is 1.17 bits per heavy atom. The van der Waals surface area contributed by atoms with E-state index in [-0.39, 0.29) is 36.9 Å². The summed E-state index contributed by atoms with van der Waals surface area (Å²) in [4.78, 5) is 11.9. The monoisotopic (exact) mass is 436 g/mol. The maximum atomic E-state index is 13.1. The number of rotatable bonds is 5. The lowest BCUT2D eigenvalue weighted by Crippen LogP contribution is -3.00. The highest BCUT2D eigenvalue weighted by Gasteiger charge is 2.43. The Morgan fingerprint density at radius 2 is 1.86 bits per heavy atom. The van der Waals surface area contributed by atoms with Crippen LogP contribution in [-0.2, 0) is 14.8 Å². The molecule has 3 rings (SSSR count). The highest BCUT2D eigenvalue weighted by atomic mass is 35.5. The normalized spacial score (nSPS) is 16.1. The van der Waals surface area contributed by atoms with E-state index in [1.165, 1.54) is 10.4 Å². The molecule has 0 aromatic heterocycles. The molecule has 2 aromatic rings. The molecule has 1 heterocycles. The molecule has 0 fully saturated rings. The van der Waals surface area contributed by atoms with Crippen LogP contribution >= 0.6 is 0 Å². The van der Waals surface area contributed by atoms with Crippen LogP contribution in [0.15, 0.2) is 53.4 Å². The van der Waals surface area contributed by atoms with Crippen molar-refractivity contribution in [3.8, 4) is 17.6 Å². The molecule has 2 aromatic carbocycles. The Morgan fingerprint density at radius 3 is 2.52 bits per heavy atom. The molecule has 1 aliphatic rings. The first-order valence-electron chi connectivity index (χ1n) is 8.44. The van der Waals surface area contributed by atoms with Crippen LogP contribution in [-0.4, -0.2) is 32.7 Å². The fourth-order valence-corrected chi connectivity index (χ4v) is 4.94. The summed E-state index contributed by atoms with van der Waals surface area (Å²) >= 11 is 0. The smallest absolute Gasteiger partial charge is 0.265 e. The molecule has 0 bridgehead atoms. The van der Waals surface area contributed by atoms with Crippen molar-refractivity contribution in [2.75, 3.05) is 17.5 Å². The summed E-state index contributed by atoms with van der Waals surface area (Å²) in [5.41, 5.74) is 7.73. The highest BCUT2D eigenvalue weighted by molar-refractivity contribution is 7.93. The Labute approximate surface area is 175 Å². The minimum absolute atomic E-state index is 0. The number of benzene rings is 2. The summed E-state index contributed by atoms with van der Waals surface area (Å²) in [5.74, 6) is 5.27. The van der Waals surface area contributed by atoms with Gasteiger partial charge in [-0.15, -0.1) is 0 Å². The maximum absolute atomic E-state index is 13.1. The number of amides is 1.